The fraction of sp³-hybridized carbons (Fsp3) is 0.0833. The zero-order valence-corrected chi connectivity index (χ0v) is 16.0. The van der Waals surface area contributed by atoms with Crippen molar-refractivity contribution in [3.05, 3.63) is 106 Å². The maximum atomic E-state index is 13.4. The molecule has 4 rings (SSSR count). The second-order valence-electron chi connectivity index (χ2n) is 7.10. The van der Waals surface area contributed by atoms with Gasteiger partial charge < -0.3 is 0 Å². The van der Waals surface area contributed by atoms with Gasteiger partial charge in [0.1, 0.15) is 11.1 Å². The summed E-state index contributed by atoms with van der Waals surface area (Å²) >= 11 is 0. The van der Waals surface area contributed by atoms with Crippen molar-refractivity contribution in [3.63, 3.8) is 0 Å². The molecule has 0 atom stereocenters. The van der Waals surface area contributed by atoms with Gasteiger partial charge in [0.15, 0.2) is 11.6 Å². The van der Waals surface area contributed by atoms with Gasteiger partial charge in [-0.1, -0.05) is 60.7 Å². The molecule has 0 heterocycles. The molecule has 0 bridgehead atoms. The SMILES string of the molecule is O=C1C(C(F)(F)F)=C/C(=C/C=C2\C=C(C(F)(F)F)C(=O)c3ccccc32)c2ccccc21. The Kier molecular flexibility index (Phi) is 5.03. The molecule has 0 saturated carbocycles. The normalized spacial score (nSPS) is 18.9. The van der Waals surface area contributed by atoms with Crippen molar-refractivity contribution in [2.24, 2.45) is 0 Å². The molecule has 0 saturated heterocycles. The van der Waals surface area contributed by atoms with Crippen LogP contribution in [0.25, 0.3) is 11.1 Å². The van der Waals surface area contributed by atoms with E-state index in [2.05, 4.69) is 0 Å². The molecule has 32 heavy (non-hydrogen) atoms. The van der Waals surface area contributed by atoms with E-state index in [1.807, 2.05) is 0 Å². The Labute approximate surface area is 177 Å². The third kappa shape index (κ3) is 3.72. The lowest BCUT2D eigenvalue weighted by Crippen LogP contribution is -2.24. The minimum Gasteiger partial charge on any atom is -0.289 e. The molecule has 0 aromatic heterocycles. The molecular formula is C24H12F6O2. The Morgan fingerprint density at radius 3 is 1.16 bits per heavy atom. The molecular weight excluding hydrogens is 434 g/mol. The Hall–Kier alpha value is -3.68. The fourth-order valence-corrected chi connectivity index (χ4v) is 3.63. The standard InChI is InChI=1S/C24H12F6O2/c25-23(26,27)19-11-13(15-5-1-3-7-17(15)21(19)31)9-10-14-12-20(24(28,29)30)22(32)18-8-4-2-6-16(14)18/h1-12H/b13-9-,14-10+. The van der Waals surface area contributed by atoms with Gasteiger partial charge >= 0.3 is 12.4 Å². The number of hydrogen-bond donors (Lipinski definition) is 0. The summed E-state index contributed by atoms with van der Waals surface area (Å²) in [7, 11) is 0. The predicted molar refractivity (Wildman–Crippen MR) is 106 cm³/mol. The molecule has 2 nitrogen and oxygen atoms in total. The molecule has 2 aliphatic carbocycles. The summed E-state index contributed by atoms with van der Waals surface area (Å²) in [6.45, 7) is 0. The number of ketones is 2. The summed E-state index contributed by atoms with van der Waals surface area (Å²) < 4.78 is 80.2. The average molecular weight is 446 g/mol. The second-order valence-corrected chi connectivity index (χ2v) is 7.10. The van der Waals surface area contributed by atoms with E-state index in [0.717, 1.165) is 0 Å². The van der Waals surface area contributed by atoms with E-state index >= 15 is 0 Å². The Morgan fingerprint density at radius 1 is 0.531 bits per heavy atom. The highest BCUT2D eigenvalue weighted by Crippen LogP contribution is 2.39. The molecule has 0 amide bonds. The summed E-state index contributed by atoms with van der Waals surface area (Å²) in [5.41, 5.74) is -2.58. The highest BCUT2D eigenvalue weighted by molar-refractivity contribution is 6.18. The quantitative estimate of drug-likeness (QED) is 0.467. The van der Waals surface area contributed by atoms with Gasteiger partial charge in [0.25, 0.3) is 0 Å². The van der Waals surface area contributed by atoms with Crippen molar-refractivity contribution >= 4 is 22.7 Å². The molecule has 0 fully saturated rings. The van der Waals surface area contributed by atoms with Gasteiger partial charge in [0, 0.05) is 11.1 Å². The molecule has 2 aromatic carbocycles. The van der Waals surface area contributed by atoms with Gasteiger partial charge in [0.05, 0.1) is 0 Å². The van der Waals surface area contributed by atoms with Crippen molar-refractivity contribution in [2.45, 2.75) is 12.4 Å². The fourth-order valence-electron chi connectivity index (χ4n) is 3.63. The number of hydrogen-bond acceptors (Lipinski definition) is 2. The average Bonchev–Trinajstić information content (AvgIpc) is 2.73. The first-order valence-electron chi connectivity index (χ1n) is 9.26. The lowest BCUT2D eigenvalue weighted by molar-refractivity contribution is -0.0898. The van der Waals surface area contributed by atoms with Crippen molar-refractivity contribution in [1.82, 2.24) is 0 Å². The Balaban J connectivity index is 1.91. The monoisotopic (exact) mass is 446 g/mol. The van der Waals surface area contributed by atoms with Gasteiger partial charge in [-0.25, -0.2) is 0 Å². The van der Waals surface area contributed by atoms with Crippen molar-refractivity contribution in [3.8, 4) is 0 Å². The number of carbonyl (C=O) groups is 2. The zero-order valence-electron chi connectivity index (χ0n) is 16.0. The predicted octanol–water partition coefficient (Wildman–Crippen LogP) is 6.52. The van der Waals surface area contributed by atoms with Crippen molar-refractivity contribution < 1.29 is 35.9 Å². The maximum absolute atomic E-state index is 13.4. The molecule has 0 radical (unpaired) electrons. The topological polar surface area (TPSA) is 34.1 Å². The smallest absolute Gasteiger partial charge is 0.289 e. The molecule has 0 aliphatic heterocycles. The van der Waals surface area contributed by atoms with Crippen LogP contribution in [0.15, 0.2) is 84.0 Å². The number of Topliss-reactive ketones (excluding diaryl/α,β-unsaturated/α-hetero) is 2. The summed E-state index contributed by atoms with van der Waals surface area (Å²) in [5, 5.41) is 0. The van der Waals surface area contributed by atoms with E-state index in [0.29, 0.717) is 12.2 Å². The van der Waals surface area contributed by atoms with Crippen molar-refractivity contribution in [2.75, 3.05) is 0 Å². The first-order valence-corrected chi connectivity index (χ1v) is 9.26. The van der Waals surface area contributed by atoms with Crippen LogP contribution in [0.3, 0.4) is 0 Å². The number of allylic oxidation sites excluding steroid dienone is 8. The van der Waals surface area contributed by atoms with Crippen LogP contribution in [0.1, 0.15) is 31.8 Å². The first-order chi connectivity index (χ1) is 15.0. The zero-order chi connectivity index (χ0) is 23.3. The lowest BCUT2D eigenvalue weighted by Gasteiger charge is -2.21. The molecule has 8 heteroatoms. The maximum Gasteiger partial charge on any atom is 0.420 e. The summed E-state index contributed by atoms with van der Waals surface area (Å²) in [6, 6.07) is 11.3. The molecule has 162 valence electrons. The van der Waals surface area contributed by atoms with Gasteiger partial charge in [0.2, 0.25) is 0 Å². The van der Waals surface area contributed by atoms with Gasteiger partial charge in [-0.3, -0.25) is 9.59 Å². The molecule has 0 spiro atoms. The largest absolute Gasteiger partial charge is 0.420 e. The van der Waals surface area contributed by atoms with E-state index in [1.165, 1.54) is 60.7 Å². The number of rotatable bonds is 1. The Morgan fingerprint density at radius 2 is 0.844 bits per heavy atom. The van der Waals surface area contributed by atoms with Crippen LogP contribution in [0, 0.1) is 0 Å². The minimum absolute atomic E-state index is 0.0105. The van der Waals surface area contributed by atoms with Crippen LogP contribution in [0.5, 0.6) is 0 Å². The third-order valence-corrected chi connectivity index (χ3v) is 5.11. The van der Waals surface area contributed by atoms with Crippen LogP contribution in [-0.4, -0.2) is 23.9 Å². The highest BCUT2D eigenvalue weighted by atomic mass is 19.4. The summed E-state index contributed by atoms with van der Waals surface area (Å²) in [5.74, 6) is -2.35. The molecule has 0 unspecified atom stereocenters. The van der Waals surface area contributed by atoms with Crippen LogP contribution >= 0.6 is 0 Å². The van der Waals surface area contributed by atoms with E-state index in [4.69, 9.17) is 0 Å². The number of halogens is 6. The van der Waals surface area contributed by atoms with Gasteiger partial charge in [-0.05, 0) is 34.4 Å². The van der Waals surface area contributed by atoms with Crippen LogP contribution in [-0.2, 0) is 0 Å². The number of benzene rings is 2. The van der Waals surface area contributed by atoms with E-state index in [-0.39, 0.29) is 33.4 Å². The molecule has 2 aromatic rings. The van der Waals surface area contributed by atoms with Crippen LogP contribution in [0.2, 0.25) is 0 Å². The lowest BCUT2D eigenvalue weighted by atomic mass is 9.84. The van der Waals surface area contributed by atoms with Gasteiger partial charge in [-0.15, -0.1) is 0 Å². The number of carbonyl (C=O) groups excluding carboxylic acids is 2. The molecule has 0 N–H and O–H groups in total. The third-order valence-electron chi connectivity index (χ3n) is 5.11. The number of fused-ring (bicyclic) bond motifs is 2. The first kappa shape index (κ1) is 21.5. The van der Waals surface area contributed by atoms with E-state index in [1.54, 1.807) is 0 Å². The van der Waals surface area contributed by atoms with E-state index in [9.17, 15) is 35.9 Å². The Bertz CT molecular complexity index is 1170. The van der Waals surface area contributed by atoms with Gasteiger partial charge in [-0.2, -0.15) is 26.3 Å². The van der Waals surface area contributed by atoms with Crippen LogP contribution < -0.4 is 0 Å². The number of alkyl halides is 6. The summed E-state index contributed by atoms with van der Waals surface area (Å²) in [6.07, 6.45) is -6.02. The second kappa shape index (κ2) is 7.47. The summed E-state index contributed by atoms with van der Waals surface area (Å²) in [4.78, 5) is 24.5. The van der Waals surface area contributed by atoms with Crippen LogP contribution in [0.4, 0.5) is 26.3 Å². The van der Waals surface area contributed by atoms with Crippen molar-refractivity contribution in [1.29, 1.82) is 0 Å². The van der Waals surface area contributed by atoms with E-state index < -0.39 is 35.1 Å². The molecule has 2 aliphatic rings. The highest BCUT2D eigenvalue weighted by Gasteiger charge is 2.42. The minimum atomic E-state index is -4.90.